The molecule has 2 rings (SSSR count). The summed E-state index contributed by atoms with van der Waals surface area (Å²) in [7, 11) is 0. The van der Waals surface area contributed by atoms with Crippen molar-refractivity contribution in [3.63, 3.8) is 0 Å². The number of rotatable bonds is 5. The average Bonchev–Trinajstić information content (AvgIpc) is 2.42. The van der Waals surface area contributed by atoms with E-state index in [1.165, 1.54) is 0 Å². The van der Waals surface area contributed by atoms with Crippen LogP contribution < -0.4 is 10.5 Å². The van der Waals surface area contributed by atoms with Gasteiger partial charge in [-0.2, -0.15) is 0 Å². The monoisotopic (exact) mass is 274 g/mol. The highest BCUT2D eigenvalue weighted by atomic mass is 32.1. The van der Waals surface area contributed by atoms with Crippen LogP contribution in [0.15, 0.2) is 42.7 Å². The third kappa shape index (κ3) is 3.27. The number of benzene rings is 1. The number of pyridine rings is 1. The van der Waals surface area contributed by atoms with Crippen LogP contribution in [-0.4, -0.2) is 21.7 Å². The Morgan fingerprint density at radius 3 is 2.79 bits per heavy atom. The zero-order valence-corrected chi connectivity index (χ0v) is 11.1. The molecule has 2 aromatic rings. The van der Waals surface area contributed by atoms with Crippen LogP contribution in [0.5, 0.6) is 11.5 Å². The topological polar surface area (TPSA) is 68.4 Å². The van der Waals surface area contributed by atoms with E-state index < -0.39 is 0 Å². The zero-order chi connectivity index (χ0) is 13.7. The molecule has 19 heavy (non-hydrogen) atoms. The van der Waals surface area contributed by atoms with Gasteiger partial charge < -0.3 is 15.6 Å². The van der Waals surface area contributed by atoms with Gasteiger partial charge in [-0.3, -0.25) is 4.98 Å². The summed E-state index contributed by atoms with van der Waals surface area (Å²) in [5, 5.41) is 9.04. The summed E-state index contributed by atoms with van der Waals surface area (Å²) in [6.45, 7) is 0.0651. The van der Waals surface area contributed by atoms with Crippen molar-refractivity contribution in [2.24, 2.45) is 5.73 Å². The van der Waals surface area contributed by atoms with Crippen LogP contribution in [0.2, 0.25) is 0 Å². The Labute approximate surface area is 116 Å². The Morgan fingerprint density at radius 2 is 2.05 bits per heavy atom. The van der Waals surface area contributed by atoms with Gasteiger partial charge in [-0.05, 0) is 24.1 Å². The Balaban J connectivity index is 2.34. The molecule has 0 bridgehead atoms. The number of hydrogen-bond donors (Lipinski definition) is 2. The van der Waals surface area contributed by atoms with Crippen LogP contribution in [0.3, 0.4) is 0 Å². The Kier molecular flexibility index (Phi) is 4.43. The van der Waals surface area contributed by atoms with Gasteiger partial charge >= 0.3 is 0 Å². The zero-order valence-electron chi connectivity index (χ0n) is 10.2. The van der Waals surface area contributed by atoms with Crippen LogP contribution in [0.4, 0.5) is 0 Å². The molecule has 0 aliphatic carbocycles. The van der Waals surface area contributed by atoms with Gasteiger partial charge in [0.25, 0.3) is 0 Å². The van der Waals surface area contributed by atoms with Crippen molar-refractivity contribution in [1.82, 2.24) is 4.98 Å². The summed E-state index contributed by atoms with van der Waals surface area (Å²) in [5.41, 5.74) is 7.21. The number of aliphatic hydroxyl groups excluding tert-OH is 1. The normalized spacial score (nSPS) is 10.2. The van der Waals surface area contributed by atoms with Gasteiger partial charge in [0, 0.05) is 12.8 Å². The molecule has 0 unspecified atom stereocenters. The van der Waals surface area contributed by atoms with Gasteiger partial charge in [0.2, 0.25) is 0 Å². The molecule has 1 aromatic carbocycles. The molecule has 0 aliphatic heterocycles. The highest BCUT2D eigenvalue weighted by Gasteiger charge is 2.09. The summed E-state index contributed by atoms with van der Waals surface area (Å²) in [6, 6.07) is 9.22. The first-order chi connectivity index (χ1) is 9.22. The van der Waals surface area contributed by atoms with Gasteiger partial charge in [0.15, 0.2) is 5.75 Å². The molecular weight excluding hydrogens is 260 g/mol. The highest BCUT2D eigenvalue weighted by Crippen LogP contribution is 2.27. The molecule has 0 atom stereocenters. The number of ether oxygens (including phenoxy) is 1. The van der Waals surface area contributed by atoms with Crippen molar-refractivity contribution in [2.75, 3.05) is 6.61 Å². The lowest BCUT2D eigenvalue weighted by Gasteiger charge is -2.12. The van der Waals surface area contributed by atoms with Gasteiger partial charge in [0.05, 0.1) is 11.8 Å². The smallest absolute Gasteiger partial charge is 0.155 e. The summed E-state index contributed by atoms with van der Waals surface area (Å²) in [6.07, 6.45) is 3.71. The second-order valence-corrected chi connectivity index (χ2v) is 4.36. The molecule has 0 saturated carbocycles. The number of para-hydroxylation sites is 1. The Morgan fingerprint density at radius 1 is 1.26 bits per heavy atom. The molecule has 98 valence electrons. The van der Waals surface area contributed by atoms with Gasteiger partial charge in [-0.25, -0.2) is 0 Å². The van der Waals surface area contributed by atoms with Crippen molar-refractivity contribution >= 4 is 17.2 Å². The predicted octanol–water partition coefficient (Wildman–Crippen LogP) is 2.04. The highest BCUT2D eigenvalue weighted by molar-refractivity contribution is 7.80. The number of aliphatic hydroxyl groups is 1. The predicted molar refractivity (Wildman–Crippen MR) is 77.4 cm³/mol. The van der Waals surface area contributed by atoms with Crippen LogP contribution in [-0.2, 0) is 6.42 Å². The van der Waals surface area contributed by atoms with Crippen molar-refractivity contribution in [2.45, 2.75) is 6.42 Å². The SMILES string of the molecule is NC(=S)c1ccncc1Oc1ccccc1CCO. The average molecular weight is 274 g/mol. The maximum atomic E-state index is 9.04. The number of aromatic nitrogens is 1. The molecule has 0 spiro atoms. The number of hydrogen-bond acceptors (Lipinski definition) is 4. The van der Waals surface area contributed by atoms with Crippen molar-refractivity contribution in [1.29, 1.82) is 0 Å². The summed E-state index contributed by atoms with van der Waals surface area (Å²) in [4.78, 5) is 4.27. The van der Waals surface area contributed by atoms with E-state index in [2.05, 4.69) is 4.98 Å². The first kappa shape index (κ1) is 13.5. The quantitative estimate of drug-likeness (QED) is 0.817. The van der Waals surface area contributed by atoms with Crippen molar-refractivity contribution in [3.8, 4) is 11.5 Å². The van der Waals surface area contributed by atoms with E-state index in [4.69, 9.17) is 27.8 Å². The van der Waals surface area contributed by atoms with E-state index in [0.29, 0.717) is 23.5 Å². The third-order valence-corrected chi connectivity index (χ3v) is 2.84. The molecule has 3 N–H and O–H groups in total. The van der Waals surface area contributed by atoms with Gasteiger partial charge in [-0.15, -0.1) is 0 Å². The minimum Gasteiger partial charge on any atom is -0.455 e. The summed E-state index contributed by atoms with van der Waals surface area (Å²) < 4.78 is 5.81. The standard InChI is InChI=1S/C14H14N2O2S/c15-14(19)11-5-7-16-9-13(11)18-12-4-2-1-3-10(12)6-8-17/h1-5,7,9,17H,6,8H2,(H2,15,19). The molecule has 0 amide bonds. The van der Waals surface area contributed by atoms with Crippen molar-refractivity contribution in [3.05, 3.63) is 53.9 Å². The number of nitrogens with two attached hydrogens (primary N) is 1. The molecule has 0 radical (unpaired) electrons. The number of nitrogens with zero attached hydrogens (tertiary/aromatic N) is 1. The van der Waals surface area contributed by atoms with Gasteiger partial charge in [0.1, 0.15) is 10.7 Å². The fourth-order valence-corrected chi connectivity index (χ4v) is 1.88. The largest absolute Gasteiger partial charge is 0.455 e. The maximum Gasteiger partial charge on any atom is 0.155 e. The Hall–Kier alpha value is -1.98. The van der Waals surface area contributed by atoms with E-state index in [0.717, 1.165) is 5.56 Å². The summed E-state index contributed by atoms with van der Waals surface area (Å²) >= 11 is 4.98. The minimum atomic E-state index is 0.0651. The lowest BCUT2D eigenvalue weighted by Crippen LogP contribution is -2.11. The van der Waals surface area contributed by atoms with E-state index >= 15 is 0 Å². The van der Waals surface area contributed by atoms with Crippen LogP contribution in [0, 0.1) is 0 Å². The van der Waals surface area contributed by atoms with E-state index in [1.807, 2.05) is 24.3 Å². The maximum absolute atomic E-state index is 9.04. The third-order valence-electron chi connectivity index (χ3n) is 2.62. The first-order valence-corrected chi connectivity index (χ1v) is 6.23. The van der Waals surface area contributed by atoms with Crippen molar-refractivity contribution < 1.29 is 9.84 Å². The van der Waals surface area contributed by atoms with E-state index in [-0.39, 0.29) is 11.6 Å². The first-order valence-electron chi connectivity index (χ1n) is 5.83. The van der Waals surface area contributed by atoms with E-state index in [1.54, 1.807) is 18.5 Å². The molecule has 0 aliphatic rings. The molecule has 5 heteroatoms. The summed E-state index contributed by atoms with van der Waals surface area (Å²) in [5.74, 6) is 1.18. The van der Waals surface area contributed by atoms with Crippen LogP contribution >= 0.6 is 12.2 Å². The lowest BCUT2D eigenvalue weighted by molar-refractivity contribution is 0.298. The van der Waals surface area contributed by atoms with Crippen LogP contribution in [0.25, 0.3) is 0 Å². The number of thiocarbonyl (C=S) groups is 1. The van der Waals surface area contributed by atoms with Gasteiger partial charge in [-0.1, -0.05) is 30.4 Å². The molecule has 1 heterocycles. The molecule has 0 saturated heterocycles. The molecular formula is C14H14N2O2S. The fraction of sp³-hybridized carbons (Fsp3) is 0.143. The molecule has 4 nitrogen and oxygen atoms in total. The van der Waals surface area contributed by atoms with Crippen LogP contribution in [0.1, 0.15) is 11.1 Å². The second kappa shape index (κ2) is 6.26. The molecule has 0 fully saturated rings. The molecule has 1 aromatic heterocycles. The Bertz CT molecular complexity index is 587. The fourth-order valence-electron chi connectivity index (χ4n) is 1.71. The second-order valence-electron chi connectivity index (χ2n) is 3.92. The lowest BCUT2D eigenvalue weighted by atomic mass is 10.1. The van der Waals surface area contributed by atoms with E-state index in [9.17, 15) is 0 Å². The minimum absolute atomic E-state index is 0.0651.